The SMILES string of the molecule is NC(c1ccc(Cl)c(F)c1)C(OC(=O)C(F)(F)F)c1ccc(I)cc1. The fourth-order valence-electron chi connectivity index (χ4n) is 2.08. The fourth-order valence-corrected chi connectivity index (χ4v) is 2.55. The topological polar surface area (TPSA) is 52.3 Å². The Bertz CT molecular complexity index is 768. The number of alkyl halides is 3. The van der Waals surface area contributed by atoms with Crippen LogP contribution in [0.15, 0.2) is 42.5 Å². The zero-order chi connectivity index (χ0) is 18.8. The summed E-state index contributed by atoms with van der Waals surface area (Å²) >= 11 is 7.60. The van der Waals surface area contributed by atoms with Crippen molar-refractivity contribution >= 4 is 40.2 Å². The number of rotatable bonds is 4. The molecule has 0 amide bonds. The summed E-state index contributed by atoms with van der Waals surface area (Å²) in [5, 5.41) is -0.158. The van der Waals surface area contributed by atoms with Gasteiger partial charge in [-0.05, 0) is 58.0 Å². The minimum Gasteiger partial charge on any atom is -0.449 e. The third kappa shape index (κ3) is 5.05. The van der Waals surface area contributed by atoms with Gasteiger partial charge in [-0.2, -0.15) is 13.2 Å². The fraction of sp³-hybridized carbons (Fsp3) is 0.188. The maximum atomic E-state index is 13.6. The number of carbonyl (C=O) groups excluding carboxylic acids is 1. The van der Waals surface area contributed by atoms with E-state index in [1.807, 2.05) is 22.6 Å². The number of benzene rings is 2. The molecule has 0 heterocycles. The summed E-state index contributed by atoms with van der Waals surface area (Å²) in [7, 11) is 0. The molecule has 0 aliphatic rings. The van der Waals surface area contributed by atoms with Gasteiger partial charge in [0.05, 0.1) is 11.1 Å². The first-order chi connectivity index (χ1) is 11.6. The van der Waals surface area contributed by atoms with E-state index in [-0.39, 0.29) is 16.1 Å². The van der Waals surface area contributed by atoms with Crippen molar-refractivity contribution < 1.29 is 27.1 Å². The van der Waals surface area contributed by atoms with E-state index >= 15 is 0 Å². The van der Waals surface area contributed by atoms with Gasteiger partial charge in [-0.25, -0.2) is 9.18 Å². The van der Waals surface area contributed by atoms with Crippen LogP contribution >= 0.6 is 34.2 Å². The molecule has 2 aromatic rings. The van der Waals surface area contributed by atoms with Gasteiger partial charge in [0, 0.05) is 3.57 Å². The van der Waals surface area contributed by atoms with E-state index in [1.165, 1.54) is 24.3 Å². The molecule has 0 aliphatic carbocycles. The van der Waals surface area contributed by atoms with Crippen LogP contribution in [0.1, 0.15) is 23.3 Å². The van der Waals surface area contributed by atoms with Gasteiger partial charge in [-0.3, -0.25) is 0 Å². The van der Waals surface area contributed by atoms with Crippen molar-refractivity contribution in [3.63, 3.8) is 0 Å². The Labute approximate surface area is 159 Å². The van der Waals surface area contributed by atoms with Gasteiger partial charge in [-0.1, -0.05) is 29.8 Å². The van der Waals surface area contributed by atoms with E-state index in [1.54, 1.807) is 12.1 Å². The van der Waals surface area contributed by atoms with Crippen molar-refractivity contribution in [1.29, 1.82) is 0 Å². The van der Waals surface area contributed by atoms with Crippen LogP contribution in [0.3, 0.4) is 0 Å². The highest BCUT2D eigenvalue weighted by Crippen LogP contribution is 2.34. The molecule has 0 fully saturated rings. The van der Waals surface area contributed by atoms with Crippen molar-refractivity contribution in [3.8, 4) is 0 Å². The minimum atomic E-state index is -5.17. The molecule has 0 saturated heterocycles. The normalized spacial score (nSPS) is 14.0. The third-order valence-electron chi connectivity index (χ3n) is 3.32. The predicted octanol–water partition coefficient (Wildman–Crippen LogP) is 4.93. The lowest BCUT2D eigenvalue weighted by Crippen LogP contribution is -2.31. The molecule has 2 unspecified atom stereocenters. The summed E-state index contributed by atoms with van der Waals surface area (Å²) in [5.74, 6) is -3.15. The Kier molecular flexibility index (Phi) is 6.28. The van der Waals surface area contributed by atoms with Crippen molar-refractivity contribution in [2.45, 2.75) is 18.3 Å². The van der Waals surface area contributed by atoms with E-state index in [2.05, 4.69) is 4.74 Å². The largest absolute Gasteiger partial charge is 0.490 e. The molecule has 0 spiro atoms. The number of carbonyl (C=O) groups is 1. The second kappa shape index (κ2) is 7.88. The Hall–Kier alpha value is -1.39. The van der Waals surface area contributed by atoms with Crippen LogP contribution < -0.4 is 5.73 Å². The minimum absolute atomic E-state index is 0.139. The van der Waals surface area contributed by atoms with Crippen molar-refractivity contribution in [3.05, 3.63) is 68.0 Å². The molecule has 0 aromatic heterocycles. The van der Waals surface area contributed by atoms with Gasteiger partial charge in [0.2, 0.25) is 0 Å². The Morgan fingerprint density at radius 2 is 1.68 bits per heavy atom. The highest BCUT2D eigenvalue weighted by molar-refractivity contribution is 14.1. The lowest BCUT2D eigenvalue weighted by atomic mass is 9.96. The Morgan fingerprint density at radius 3 is 2.20 bits per heavy atom. The molecule has 0 saturated carbocycles. The molecular formula is C16H11ClF4INO2. The molecule has 2 rings (SSSR count). The molecule has 2 atom stereocenters. The second-order valence-corrected chi connectivity index (χ2v) is 6.73. The van der Waals surface area contributed by atoms with Crippen LogP contribution in [-0.4, -0.2) is 12.1 Å². The predicted molar refractivity (Wildman–Crippen MR) is 92.4 cm³/mol. The average Bonchev–Trinajstić information content (AvgIpc) is 2.54. The van der Waals surface area contributed by atoms with Gasteiger partial charge < -0.3 is 10.5 Å². The van der Waals surface area contributed by atoms with Gasteiger partial charge >= 0.3 is 12.1 Å². The van der Waals surface area contributed by atoms with Crippen LogP contribution in [0.25, 0.3) is 0 Å². The van der Waals surface area contributed by atoms with E-state index in [9.17, 15) is 22.4 Å². The van der Waals surface area contributed by atoms with Crippen LogP contribution in [0.5, 0.6) is 0 Å². The van der Waals surface area contributed by atoms with E-state index in [0.29, 0.717) is 0 Å². The standard InChI is InChI=1S/C16H11ClF4INO2/c17-11-6-3-9(7-12(11)18)13(23)14(25-15(24)16(19,20)21)8-1-4-10(22)5-2-8/h1-7,13-14H,23H2. The van der Waals surface area contributed by atoms with Crippen molar-refractivity contribution in [2.75, 3.05) is 0 Å². The third-order valence-corrected chi connectivity index (χ3v) is 4.34. The number of hydrogen-bond donors (Lipinski definition) is 1. The van der Waals surface area contributed by atoms with Gasteiger partial charge in [0.1, 0.15) is 11.9 Å². The van der Waals surface area contributed by atoms with Gasteiger partial charge in [0.25, 0.3) is 0 Å². The molecule has 134 valence electrons. The molecule has 0 aliphatic heterocycles. The zero-order valence-electron chi connectivity index (χ0n) is 12.4. The average molecular weight is 488 g/mol. The number of esters is 1. The molecular weight excluding hydrogens is 477 g/mol. The smallest absolute Gasteiger partial charge is 0.449 e. The molecule has 3 nitrogen and oxygen atoms in total. The number of ether oxygens (including phenoxy) is 1. The highest BCUT2D eigenvalue weighted by atomic mass is 127. The van der Waals surface area contributed by atoms with E-state index < -0.39 is 30.1 Å². The summed E-state index contributed by atoms with van der Waals surface area (Å²) in [4.78, 5) is 11.3. The highest BCUT2D eigenvalue weighted by Gasteiger charge is 2.43. The van der Waals surface area contributed by atoms with Crippen molar-refractivity contribution in [2.24, 2.45) is 5.73 Å². The number of hydrogen-bond acceptors (Lipinski definition) is 3. The maximum Gasteiger partial charge on any atom is 0.490 e. The maximum absolute atomic E-state index is 13.6. The number of nitrogens with two attached hydrogens (primary N) is 1. The first-order valence-corrected chi connectivity index (χ1v) is 8.29. The summed E-state index contributed by atoms with van der Waals surface area (Å²) in [5.41, 5.74) is 6.35. The Balaban J connectivity index is 2.40. The molecule has 2 aromatic carbocycles. The number of halogens is 6. The van der Waals surface area contributed by atoms with Crippen LogP contribution in [0.4, 0.5) is 17.6 Å². The van der Waals surface area contributed by atoms with E-state index in [0.717, 1.165) is 9.64 Å². The Morgan fingerprint density at radius 1 is 1.12 bits per heavy atom. The van der Waals surface area contributed by atoms with E-state index in [4.69, 9.17) is 17.3 Å². The molecule has 9 heteroatoms. The summed E-state index contributed by atoms with van der Waals surface area (Å²) in [6.07, 6.45) is -6.63. The lowest BCUT2D eigenvalue weighted by Gasteiger charge is -2.25. The quantitative estimate of drug-likeness (QED) is 0.378. The molecule has 0 bridgehead atoms. The van der Waals surface area contributed by atoms with Crippen molar-refractivity contribution in [1.82, 2.24) is 0 Å². The first kappa shape index (κ1) is 19.9. The van der Waals surface area contributed by atoms with Gasteiger partial charge in [-0.15, -0.1) is 0 Å². The summed E-state index contributed by atoms with van der Waals surface area (Å²) in [6.45, 7) is 0. The second-order valence-electron chi connectivity index (χ2n) is 5.07. The monoisotopic (exact) mass is 487 g/mol. The molecule has 0 radical (unpaired) electrons. The first-order valence-electron chi connectivity index (χ1n) is 6.83. The van der Waals surface area contributed by atoms with Gasteiger partial charge in [0.15, 0.2) is 0 Å². The lowest BCUT2D eigenvalue weighted by molar-refractivity contribution is -0.206. The summed E-state index contributed by atoms with van der Waals surface area (Å²) < 4.78 is 56.8. The molecule has 2 N–H and O–H groups in total. The van der Waals surface area contributed by atoms with Crippen LogP contribution in [0, 0.1) is 9.39 Å². The van der Waals surface area contributed by atoms with Crippen LogP contribution in [-0.2, 0) is 9.53 Å². The van der Waals surface area contributed by atoms with Crippen LogP contribution in [0.2, 0.25) is 5.02 Å². The summed E-state index contributed by atoms with van der Waals surface area (Å²) in [6, 6.07) is 8.58. The zero-order valence-corrected chi connectivity index (χ0v) is 15.3. The molecule has 25 heavy (non-hydrogen) atoms.